The highest BCUT2D eigenvalue weighted by Gasteiger charge is 2.33. The number of aldehydes is 1. The van der Waals surface area contributed by atoms with Crippen LogP contribution in [0.25, 0.3) is 0 Å². The van der Waals surface area contributed by atoms with Gasteiger partial charge >= 0.3 is 6.18 Å². The minimum atomic E-state index is -4.43. The van der Waals surface area contributed by atoms with Crippen LogP contribution in [0.4, 0.5) is 24.0 Å². The number of anilines is 2. The monoisotopic (exact) mass is 300 g/mol. The number of hydrogen-bond donors (Lipinski definition) is 1. The van der Waals surface area contributed by atoms with Gasteiger partial charge in [-0.05, 0) is 17.7 Å². The van der Waals surface area contributed by atoms with Crippen LogP contribution in [-0.4, -0.2) is 11.3 Å². The first-order chi connectivity index (χ1) is 9.40. The van der Waals surface area contributed by atoms with Crippen LogP contribution in [0.5, 0.6) is 0 Å². The van der Waals surface area contributed by atoms with Crippen molar-refractivity contribution in [2.45, 2.75) is 19.0 Å². The standard InChI is InChI=1S/C13H11F3N2OS/c1-8(6-19)9-2-4-10(5-3-9)17-12-18-11(7-20-12)13(14,15)16/h2-8H,1H3,(H,17,18)/t8-/m0/s1. The third-order valence-corrected chi connectivity index (χ3v) is 3.44. The Labute approximate surface area is 117 Å². The molecule has 0 bridgehead atoms. The summed E-state index contributed by atoms with van der Waals surface area (Å²) in [6, 6.07) is 6.90. The highest BCUT2D eigenvalue weighted by Crippen LogP contribution is 2.32. The van der Waals surface area contributed by atoms with Crippen molar-refractivity contribution < 1.29 is 18.0 Å². The smallest absolute Gasteiger partial charge is 0.332 e. The fourth-order valence-corrected chi connectivity index (χ4v) is 2.27. The number of alkyl halides is 3. The van der Waals surface area contributed by atoms with E-state index in [1.54, 1.807) is 31.2 Å². The molecule has 7 heteroatoms. The van der Waals surface area contributed by atoms with Crippen LogP contribution < -0.4 is 5.32 Å². The molecule has 2 aromatic rings. The topological polar surface area (TPSA) is 42.0 Å². The van der Waals surface area contributed by atoms with E-state index in [9.17, 15) is 18.0 Å². The van der Waals surface area contributed by atoms with Gasteiger partial charge in [0.25, 0.3) is 0 Å². The van der Waals surface area contributed by atoms with E-state index in [0.29, 0.717) is 5.69 Å². The van der Waals surface area contributed by atoms with E-state index in [1.165, 1.54) is 0 Å². The van der Waals surface area contributed by atoms with Crippen molar-refractivity contribution in [3.8, 4) is 0 Å². The Morgan fingerprint density at radius 1 is 1.30 bits per heavy atom. The second-order valence-electron chi connectivity index (χ2n) is 4.21. The van der Waals surface area contributed by atoms with Crippen molar-refractivity contribution in [2.75, 3.05) is 5.32 Å². The summed E-state index contributed by atoms with van der Waals surface area (Å²) < 4.78 is 37.2. The normalized spacial score (nSPS) is 13.0. The van der Waals surface area contributed by atoms with Gasteiger partial charge in [0.1, 0.15) is 6.29 Å². The number of nitrogens with zero attached hydrogens (tertiary/aromatic N) is 1. The van der Waals surface area contributed by atoms with Gasteiger partial charge in [-0.1, -0.05) is 19.1 Å². The van der Waals surface area contributed by atoms with Crippen LogP contribution in [0.15, 0.2) is 29.6 Å². The summed E-state index contributed by atoms with van der Waals surface area (Å²) >= 11 is 0.888. The van der Waals surface area contributed by atoms with E-state index >= 15 is 0 Å². The number of halogens is 3. The Hall–Kier alpha value is -1.89. The van der Waals surface area contributed by atoms with Crippen LogP contribution in [0.3, 0.4) is 0 Å². The largest absolute Gasteiger partial charge is 0.434 e. The van der Waals surface area contributed by atoms with Crippen molar-refractivity contribution in [3.05, 3.63) is 40.9 Å². The van der Waals surface area contributed by atoms with Gasteiger partial charge in [0.05, 0.1) is 0 Å². The van der Waals surface area contributed by atoms with Gasteiger partial charge in [0.2, 0.25) is 0 Å². The SMILES string of the molecule is C[C@@H](C=O)c1ccc(Nc2nc(C(F)(F)F)cs2)cc1. The summed E-state index contributed by atoms with van der Waals surface area (Å²) in [4.78, 5) is 14.1. The summed E-state index contributed by atoms with van der Waals surface area (Å²) in [5.74, 6) is -0.208. The third-order valence-electron chi connectivity index (χ3n) is 2.69. The fourth-order valence-electron chi connectivity index (χ4n) is 1.53. The summed E-state index contributed by atoms with van der Waals surface area (Å²) in [6.45, 7) is 1.77. The molecule has 0 aliphatic heterocycles. The van der Waals surface area contributed by atoms with E-state index in [4.69, 9.17) is 0 Å². The summed E-state index contributed by atoms with van der Waals surface area (Å²) in [5, 5.41) is 3.94. The molecule has 1 aromatic carbocycles. The number of carbonyl (C=O) groups excluding carboxylic acids is 1. The second-order valence-corrected chi connectivity index (χ2v) is 5.07. The first-order valence-electron chi connectivity index (χ1n) is 5.75. The van der Waals surface area contributed by atoms with E-state index in [1.807, 2.05) is 0 Å². The lowest BCUT2D eigenvalue weighted by Crippen LogP contribution is -2.05. The lowest BCUT2D eigenvalue weighted by molar-refractivity contribution is -0.140. The molecular formula is C13H11F3N2OS. The number of carbonyl (C=O) groups is 1. The van der Waals surface area contributed by atoms with Crippen LogP contribution in [-0.2, 0) is 11.0 Å². The number of thiazole rings is 1. The second kappa shape index (κ2) is 5.62. The van der Waals surface area contributed by atoms with Crippen LogP contribution >= 0.6 is 11.3 Å². The third kappa shape index (κ3) is 3.36. The van der Waals surface area contributed by atoms with Gasteiger partial charge in [-0.25, -0.2) is 4.98 Å². The zero-order valence-electron chi connectivity index (χ0n) is 10.4. The maximum Gasteiger partial charge on any atom is 0.434 e. The lowest BCUT2D eigenvalue weighted by Gasteiger charge is -2.06. The minimum Gasteiger partial charge on any atom is -0.332 e. The van der Waals surface area contributed by atoms with Gasteiger partial charge in [-0.3, -0.25) is 0 Å². The van der Waals surface area contributed by atoms with Crippen LogP contribution in [0.2, 0.25) is 0 Å². The molecule has 0 fully saturated rings. The lowest BCUT2D eigenvalue weighted by atomic mass is 10.0. The molecule has 1 heterocycles. The van der Waals surface area contributed by atoms with Crippen molar-refractivity contribution in [2.24, 2.45) is 0 Å². The van der Waals surface area contributed by atoms with Gasteiger partial charge in [-0.15, -0.1) is 11.3 Å². The molecule has 20 heavy (non-hydrogen) atoms. The van der Waals surface area contributed by atoms with Crippen molar-refractivity contribution in [1.29, 1.82) is 0 Å². The summed E-state index contributed by atoms with van der Waals surface area (Å²) in [5.41, 5.74) is 0.562. The number of nitrogens with one attached hydrogen (secondary N) is 1. The molecule has 0 saturated heterocycles. The first kappa shape index (κ1) is 14.5. The predicted octanol–water partition coefficient (Wildman–Crippen LogP) is 4.21. The average Bonchev–Trinajstić information content (AvgIpc) is 2.87. The summed E-state index contributed by atoms with van der Waals surface area (Å²) in [7, 11) is 0. The molecule has 0 unspecified atom stereocenters. The van der Waals surface area contributed by atoms with Gasteiger partial charge < -0.3 is 10.1 Å². The average molecular weight is 300 g/mol. The fraction of sp³-hybridized carbons (Fsp3) is 0.231. The zero-order chi connectivity index (χ0) is 14.8. The Morgan fingerprint density at radius 3 is 2.45 bits per heavy atom. The minimum absolute atomic E-state index is 0.175. The van der Waals surface area contributed by atoms with E-state index in [2.05, 4.69) is 10.3 Å². The van der Waals surface area contributed by atoms with Gasteiger partial charge in [0.15, 0.2) is 10.8 Å². The number of hydrogen-bond acceptors (Lipinski definition) is 4. The van der Waals surface area contributed by atoms with Gasteiger partial charge in [0, 0.05) is 17.0 Å². The maximum atomic E-state index is 12.4. The molecule has 0 spiro atoms. The Balaban J connectivity index is 2.10. The number of rotatable bonds is 4. The quantitative estimate of drug-likeness (QED) is 0.860. The molecule has 3 nitrogen and oxygen atoms in total. The first-order valence-corrected chi connectivity index (χ1v) is 6.63. The van der Waals surface area contributed by atoms with Crippen LogP contribution in [0, 0.1) is 0 Å². The zero-order valence-corrected chi connectivity index (χ0v) is 11.3. The van der Waals surface area contributed by atoms with Crippen molar-refractivity contribution >= 4 is 28.4 Å². The van der Waals surface area contributed by atoms with Crippen LogP contribution in [0.1, 0.15) is 24.1 Å². The molecule has 2 rings (SSSR count). The highest BCUT2D eigenvalue weighted by atomic mass is 32.1. The molecule has 0 aliphatic rings. The molecule has 1 atom stereocenters. The maximum absolute atomic E-state index is 12.4. The van der Waals surface area contributed by atoms with Crippen molar-refractivity contribution in [1.82, 2.24) is 4.98 Å². The highest BCUT2D eigenvalue weighted by molar-refractivity contribution is 7.13. The molecule has 0 amide bonds. The molecule has 106 valence electrons. The summed E-state index contributed by atoms with van der Waals surface area (Å²) in [6.07, 6.45) is -3.60. The van der Waals surface area contributed by atoms with Crippen molar-refractivity contribution in [3.63, 3.8) is 0 Å². The predicted molar refractivity (Wildman–Crippen MR) is 71.3 cm³/mol. The van der Waals surface area contributed by atoms with E-state index < -0.39 is 11.9 Å². The molecule has 1 N–H and O–H groups in total. The molecule has 0 aliphatic carbocycles. The van der Waals surface area contributed by atoms with E-state index in [-0.39, 0.29) is 11.0 Å². The van der Waals surface area contributed by atoms with E-state index in [0.717, 1.165) is 28.6 Å². The number of benzene rings is 1. The number of aromatic nitrogens is 1. The Kier molecular flexibility index (Phi) is 4.08. The molecule has 0 radical (unpaired) electrons. The molecule has 1 aromatic heterocycles. The Bertz CT molecular complexity index is 592. The molecular weight excluding hydrogens is 289 g/mol. The Morgan fingerprint density at radius 2 is 1.95 bits per heavy atom. The molecule has 0 saturated carbocycles. The van der Waals surface area contributed by atoms with Gasteiger partial charge in [-0.2, -0.15) is 13.2 Å².